The smallest absolute Gasteiger partial charge is 0.139 e. The van der Waals surface area contributed by atoms with Gasteiger partial charge in [-0.1, -0.05) is 24.9 Å². The van der Waals surface area contributed by atoms with Gasteiger partial charge in [-0.3, -0.25) is 0 Å². The lowest BCUT2D eigenvalue weighted by molar-refractivity contribution is 0.455. The number of aromatic hydroxyl groups is 1. The Balaban J connectivity index is 0.00000196. The molecular weight excluding hydrogens is 240 g/mol. The molecule has 3 N–H and O–H groups in total. The monoisotopic (exact) mass is 253 g/mol. The third-order valence-electron chi connectivity index (χ3n) is 2.06. The van der Waals surface area contributed by atoms with Gasteiger partial charge >= 0.3 is 0 Å². The zero-order chi connectivity index (χ0) is 10.7. The van der Waals surface area contributed by atoms with Crippen LogP contribution in [0.3, 0.4) is 0 Å². The van der Waals surface area contributed by atoms with Gasteiger partial charge in [0.05, 0.1) is 5.02 Å². The zero-order valence-electron chi connectivity index (χ0n) is 8.34. The van der Waals surface area contributed by atoms with E-state index in [2.05, 4.69) is 0 Å². The molecule has 0 amide bonds. The molecule has 1 rings (SSSR count). The summed E-state index contributed by atoms with van der Waals surface area (Å²) in [5.41, 5.74) is 6.13. The number of hydrogen-bond acceptors (Lipinski definition) is 2. The van der Waals surface area contributed by atoms with Crippen molar-refractivity contribution in [2.45, 2.75) is 25.8 Å². The van der Waals surface area contributed by atoms with Crippen LogP contribution in [0.2, 0.25) is 5.02 Å². The fraction of sp³-hybridized carbons (Fsp3) is 0.400. The quantitative estimate of drug-likeness (QED) is 0.868. The third kappa shape index (κ3) is 3.52. The minimum atomic E-state index is -0.477. The van der Waals surface area contributed by atoms with Crippen LogP contribution < -0.4 is 5.73 Å². The molecule has 5 heteroatoms. The Morgan fingerprint density at radius 3 is 2.67 bits per heavy atom. The van der Waals surface area contributed by atoms with Gasteiger partial charge in [-0.25, -0.2) is 4.39 Å². The average Bonchev–Trinajstić information content (AvgIpc) is 2.11. The average molecular weight is 254 g/mol. The van der Waals surface area contributed by atoms with Crippen LogP contribution in [0.5, 0.6) is 5.75 Å². The van der Waals surface area contributed by atoms with Crippen molar-refractivity contribution in [3.05, 3.63) is 28.5 Å². The summed E-state index contributed by atoms with van der Waals surface area (Å²) in [6.07, 6.45) is 1.56. The van der Waals surface area contributed by atoms with Crippen molar-refractivity contribution in [1.82, 2.24) is 0 Å². The van der Waals surface area contributed by atoms with Gasteiger partial charge < -0.3 is 10.8 Å². The summed E-state index contributed by atoms with van der Waals surface area (Å²) in [5, 5.41) is 9.55. The van der Waals surface area contributed by atoms with E-state index in [-0.39, 0.29) is 29.2 Å². The first kappa shape index (κ1) is 14.5. The number of hydrogen-bond donors (Lipinski definition) is 2. The number of phenols is 1. The number of nitrogens with two attached hydrogens (primary N) is 1. The van der Waals surface area contributed by atoms with Crippen LogP contribution in [0.15, 0.2) is 12.1 Å². The first-order chi connectivity index (χ1) is 6.56. The summed E-state index contributed by atoms with van der Waals surface area (Å²) in [4.78, 5) is 0. The van der Waals surface area contributed by atoms with Gasteiger partial charge in [0.2, 0.25) is 0 Å². The molecule has 1 aromatic carbocycles. The zero-order valence-corrected chi connectivity index (χ0v) is 9.91. The highest BCUT2D eigenvalue weighted by atomic mass is 35.5. The second-order valence-electron chi connectivity index (χ2n) is 3.22. The van der Waals surface area contributed by atoms with E-state index in [0.717, 1.165) is 12.5 Å². The minimum Gasteiger partial charge on any atom is -0.506 e. The minimum absolute atomic E-state index is 0. The maximum atomic E-state index is 13.0. The van der Waals surface area contributed by atoms with Gasteiger partial charge in [-0.2, -0.15) is 0 Å². The fourth-order valence-electron chi connectivity index (χ4n) is 1.34. The third-order valence-corrected chi connectivity index (χ3v) is 2.34. The second kappa shape index (κ2) is 6.16. The predicted molar refractivity (Wildman–Crippen MR) is 62.2 cm³/mol. The number of phenolic OH excluding ortho intramolecular Hbond substituents is 1. The van der Waals surface area contributed by atoms with Crippen molar-refractivity contribution in [3.63, 3.8) is 0 Å². The number of rotatable bonds is 3. The lowest BCUT2D eigenvalue weighted by atomic mass is 10.0. The highest BCUT2D eigenvalue weighted by molar-refractivity contribution is 6.32. The van der Waals surface area contributed by atoms with E-state index in [1.807, 2.05) is 6.92 Å². The van der Waals surface area contributed by atoms with Gasteiger partial charge in [0.15, 0.2) is 0 Å². The van der Waals surface area contributed by atoms with E-state index < -0.39 is 5.82 Å². The highest BCUT2D eigenvalue weighted by Crippen LogP contribution is 2.33. The molecule has 0 radical (unpaired) electrons. The summed E-state index contributed by atoms with van der Waals surface area (Å²) < 4.78 is 13.0. The molecular formula is C10H14Cl2FNO. The predicted octanol–water partition coefficient (Wildman–Crippen LogP) is 3.41. The molecule has 0 heterocycles. The Bertz CT molecular complexity index is 333. The van der Waals surface area contributed by atoms with Gasteiger partial charge in [0, 0.05) is 11.6 Å². The second-order valence-corrected chi connectivity index (χ2v) is 3.63. The fourth-order valence-corrected chi connectivity index (χ4v) is 1.55. The van der Waals surface area contributed by atoms with Crippen molar-refractivity contribution >= 4 is 24.0 Å². The standard InChI is InChI=1S/C10H13ClFNO.ClH/c1-2-3-9(13)7-4-6(12)5-8(11)10(7)14;/h4-5,9,14H,2-3,13H2,1H3;1H/t9-;/m0./s1. The summed E-state index contributed by atoms with van der Waals surface area (Å²) in [5.74, 6) is -0.594. The Kier molecular flexibility index (Phi) is 5.95. The van der Waals surface area contributed by atoms with Gasteiger partial charge in [0.25, 0.3) is 0 Å². The molecule has 1 aromatic rings. The molecule has 86 valence electrons. The van der Waals surface area contributed by atoms with Crippen molar-refractivity contribution in [1.29, 1.82) is 0 Å². The van der Waals surface area contributed by atoms with Crippen LogP contribution >= 0.6 is 24.0 Å². The van der Waals surface area contributed by atoms with Crippen molar-refractivity contribution in [2.24, 2.45) is 5.73 Å². The molecule has 0 aromatic heterocycles. The maximum absolute atomic E-state index is 13.0. The van der Waals surface area contributed by atoms with E-state index in [4.69, 9.17) is 17.3 Å². The molecule has 0 unspecified atom stereocenters. The van der Waals surface area contributed by atoms with Crippen molar-refractivity contribution < 1.29 is 9.50 Å². The summed E-state index contributed by atoms with van der Waals surface area (Å²) in [6.45, 7) is 1.97. The summed E-state index contributed by atoms with van der Waals surface area (Å²) >= 11 is 5.62. The van der Waals surface area contributed by atoms with E-state index >= 15 is 0 Å². The van der Waals surface area contributed by atoms with Gasteiger partial charge in [-0.15, -0.1) is 12.4 Å². The van der Waals surface area contributed by atoms with Crippen LogP contribution in [0.25, 0.3) is 0 Å². The topological polar surface area (TPSA) is 46.2 Å². The highest BCUT2D eigenvalue weighted by Gasteiger charge is 2.14. The molecule has 1 atom stereocenters. The molecule has 0 aliphatic heterocycles. The SMILES string of the molecule is CCC[C@H](N)c1cc(F)cc(Cl)c1O.Cl. The first-order valence-corrected chi connectivity index (χ1v) is 4.87. The Labute approximate surface area is 99.6 Å². The summed E-state index contributed by atoms with van der Waals surface area (Å²) in [7, 11) is 0. The normalized spacial score (nSPS) is 12.0. The Morgan fingerprint density at radius 1 is 1.53 bits per heavy atom. The van der Waals surface area contributed by atoms with Crippen LogP contribution in [0, 0.1) is 5.82 Å². The maximum Gasteiger partial charge on any atom is 0.139 e. The Morgan fingerprint density at radius 2 is 2.13 bits per heavy atom. The van der Waals surface area contributed by atoms with Crippen LogP contribution in [-0.4, -0.2) is 5.11 Å². The molecule has 0 saturated carbocycles. The van der Waals surface area contributed by atoms with E-state index in [1.54, 1.807) is 0 Å². The van der Waals surface area contributed by atoms with Crippen molar-refractivity contribution in [3.8, 4) is 5.75 Å². The Hall–Kier alpha value is -0.510. The molecule has 0 aliphatic rings. The largest absolute Gasteiger partial charge is 0.506 e. The van der Waals surface area contributed by atoms with E-state index in [1.165, 1.54) is 6.07 Å². The molecule has 15 heavy (non-hydrogen) atoms. The molecule has 0 spiro atoms. The lowest BCUT2D eigenvalue weighted by Gasteiger charge is -2.13. The summed E-state index contributed by atoms with van der Waals surface area (Å²) in [6, 6.07) is 1.92. The van der Waals surface area contributed by atoms with Gasteiger partial charge in [-0.05, 0) is 18.6 Å². The van der Waals surface area contributed by atoms with Crippen molar-refractivity contribution in [2.75, 3.05) is 0 Å². The van der Waals surface area contributed by atoms with Gasteiger partial charge in [0.1, 0.15) is 11.6 Å². The van der Waals surface area contributed by atoms with E-state index in [9.17, 15) is 9.50 Å². The lowest BCUT2D eigenvalue weighted by Crippen LogP contribution is -2.10. The number of halogens is 3. The number of benzene rings is 1. The molecule has 0 saturated heterocycles. The van der Waals surface area contributed by atoms with Crippen LogP contribution in [-0.2, 0) is 0 Å². The molecule has 0 aliphatic carbocycles. The van der Waals surface area contributed by atoms with Crippen LogP contribution in [0.4, 0.5) is 4.39 Å². The molecule has 2 nitrogen and oxygen atoms in total. The molecule has 0 bridgehead atoms. The van der Waals surface area contributed by atoms with E-state index in [0.29, 0.717) is 12.0 Å². The molecule has 0 fully saturated rings. The first-order valence-electron chi connectivity index (χ1n) is 4.49. The van der Waals surface area contributed by atoms with Crippen LogP contribution in [0.1, 0.15) is 31.4 Å².